The van der Waals surface area contributed by atoms with Gasteiger partial charge in [-0.1, -0.05) is 0 Å². The van der Waals surface area contributed by atoms with Gasteiger partial charge in [-0.25, -0.2) is 8.42 Å². The molecule has 1 aliphatic rings. The number of hydrogen-bond donors (Lipinski definition) is 1. The molecule has 1 fully saturated rings. The summed E-state index contributed by atoms with van der Waals surface area (Å²) in [7, 11) is 2.47. The molecule has 1 saturated heterocycles. The van der Waals surface area contributed by atoms with Crippen molar-refractivity contribution < 1.29 is 22.6 Å². The van der Waals surface area contributed by atoms with E-state index >= 15 is 0 Å². The first-order chi connectivity index (χ1) is 10.5. The highest BCUT2D eigenvalue weighted by molar-refractivity contribution is 7.89. The minimum absolute atomic E-state index is 0.0371. The molecule has 0 amide bonds. The van der Waals surface area contributed by atoms with E-state index < -0.39 is 10.0 Å². The molecule has 8 heteroatoms. The molecule has 7 nitrogen and oxygen atoms in total. The topological polar surface area (TPSA) is 77.1 Å². The van der Waals surface area contributed by atoms with Crippen LogP contribution in [0.5, 0.6) is 17.2 Å². The number of sulfonamides is 1. The van der Waals surface area contributed by atoms with Crippen molar-refractivity contribution in [3.63, 3.8) is 0 Å². The van der Waals surface area contributed by atoms with Crippen LogP contribution in [-0.4, -0.2) is 60.2 Å². The third kappa shape index (κ3) is 2.99. The first-order valence-electron chi connectivity index (χ1n) is 6.95. The van der Waals surface area contributed by atoms with Gasteiger partial charge in [-0.15, -0.1) is 0 Å². The monoisotopic (exact) mass is 330 g/mol. The molecule has 1 aromatic carbocycles. The zero-order valence-corrected chi connectivity index (χ0v) is 14.1. The van der Waals surface area contributed by atoms with Crippen molar-refractivity contribution in [2.45, 2.75) is 17.4 Å². The Hall–Kier alpha value is -1.51. The summed E-state index contributed by atoms with van der Waals surface area (Å²) >= 11 is 0. The Labute approximate surface area is 131 Å². The van der Waals surface area contributed by atoms with Crippen molar-refractivity contribution >= 4 is 10.0 Å². The smallest absolute Gasteiger partial charge is 0.250 e. The molecule has 1 N–H and O–H groups in total. The van der Waals surface area contributed by atoms with Crippen LogP contribution in [0.4, 0.5) is 0 Å². The van der Waals surface area contributed by atoms with Crippen molar-refractivity contribution in [1.29, 1.82) is 0 Å². The van der Waals surface area contributed by atoms with Crippen molar-refractivity contribution in [3.05, 3.63) is 12.1 Å². The van der Waals surface area contributed by atoms with Gasteiger partial charge in [0.15, 0.2) is 4.90 Å². The first-order valence-corrected chi connectivity index (χ1v) is 8.39. The van der Waals surface area contributed by atoms with Gasteiger partial charge in [0.2, 0.25) is 0 Å². The molecule has 0 aromatic heterocycles. The highest BCUT2D eigenvalue weighted by atomic mass is 32.2. The summed E-state index contributed by atoms with van der Waals surface area (Å²) in [4.78, 5) is 0.0371. The van der Waals surface area contributed by atoms with Gasteiger partial charge in [0.25, 0.3) is 10.0 Å². The lowest BCUT2D eigenvalue weighted by molar-refractivity contribution is 0.355. The van der Waals surface area contributed by atoms with Crippen molar-refractivity contribution in [2.75, 3.05) is 41.5 Å². The Morgan fingerprint density at radius 2 is 1.73 bits per heavy atom. The van der Waals surface area contributed by atoms with Crippen LogP contribution in [0.2, 0.25) is 0 Å². The van der Waals surface area contributed by atoms with Crippen molar-refractivity contribution in [1.82, 2.24) is 9.62 Å². The summed E-state index contributed by atoms with van der Waals surface area (Å²) < 4.78 is 43.0. The Balaban J connectivity index is 2.50. The molecular weight excluding hydrogens is 308 g/mol. The maximum absolute atomic E-state index is 13.0. The summed E-state index contributed by atoms with van der Waals surface area (Å²) in [5, 5.41) is 3.10. The Bertz CT molecular complexity index is 607. The zero-order chi connectivity index (χ0) is 16.3. The van der Waals surface area contributed by atoms with Crippen molar-refractivity contribution in [3.8, 4) is 17.2 Å². The number of benzene rings is 1. The lowest BCUT2D eigenvalue weighted by Crippen LogP contribution is -2.33. The van der Waals surface area contributed by atoms with E-state index in [0.29, 0.717) is 18.8 Å². The van der Waals surface area contributed by atoms with Gasteiger partial charge in [0, 0.05) is 31.3 Å². The second-order valence-electron chi connectivity index (χ2n) is 5.00. The van der Waals surface area contributed by atoms with Gasteiger partial charge >= 0.3 is 0 Å². The lowest BCUT2D eigenvalue weighted by atomic mass is 10.3. The normalized spacial score (nSPS) is 19.2. The van der Waals surface area contributed by atoms with E-state index in [0.717, 1.165) is 6.42 Å². The third-order valence-corrected chi connectivity index (χ3v) is 5.76. The summed E-state index contributed by atoms with van der Waals surface area (Å²) in [5.41, 5.74) is 0. The second kappa shape index (κ2) is 6.72. The highest BCUT2D eigenvalue weighted by Gasteiger charge is 2.36. The molecule has 0 saturated carbocycles. The van der Waals surface area contributed by atoms with Crippen LogP contribution in [0.3, 0.4) is 0 Å². The standard InChI is InChI=1S/C14H22N2O5S/c1-15-10-5-6-16(9-10)22(17,18)14-12(20-3)7-11(19-2)8-13(14)21-4/h7-8,10,15H,5-6,9H2,1-4H3. The molecule has 1 heterocycles. The SMILES string of the molecule is CNC1CCN(S(=O)(=O)c2c(OC)cc(OC)cc2OC)C1. The maximum atomic E-state index is 13.0. The zero-order valence-electron chi connectivity index (χ0n) is 13.3. The minimum Gasteiger partial charge on any atom is -0.496 e. The predicted molar refractivity (Wildman–Crippen MR) is 82.3 cm³/mol. The van der Waals surface area contributed by atoms with E-state index in [1.807, 2.05) is 7.05 Å². The number of likely N-dealkylation sites (N-methyl/N-ethyl adjacent to an activating group) is 1. The molecule has 0 aliphatic carbocycles. The fourth-order valence-electron chi connectivity index (χ4n) is 2.54. The molecular formula is C14H22N2O5S. The summed E-state index contributed by atoms with van der Waals surface area (Å²) in [6, 6.07) is 3.24. The Morgan fingerprint density at radius 1 is 1.14 bits per heavy atom. The number of hydrogen-bond acceptors (Lipinski definition) is 6. The van der Waals surface area contributed by atoms with Crippen LogP contribution in [0.25, 0.3) is 0 Å². The number of nitrogens with zero attached hydrogens (tertiary/aromatic N) is 1. The van der Waals surface area contributed by atoms with Crippen molar-refractivity contribution in [2.24, 2.45) is 0 Å². The molecule has 124 valence electrons. The molecule has 0 radical (unpaired) electrons. The van der Waals surface area contributed by atoms with Gasteiger partial charge in [0.05, 0.1) is 21.3 Å². The number of nitrogens with one attached hydrogen (secondary N) is 1. The van der Waals surface area contributed by atoms with Gasteiger partial charge in [0.1, 0.15) is 17.2 Å². The lowest BCUT2D eigenvalue weighted by Gasteiger charge is -2.21. The van der Waals surface area contributed by atoms with E-state index in [1.54, 1.807) is 12.1 Å². The predicted octanol–water partition coefficient (Wildman–Crippen LogP) is 0.695. The van der Waals surface area contributed by atoms with Gasteiger partial charge in [-0.05, 0) is 13.5 Å². The molecule has 0 spiro atoms. The van der Waals surface area contributed by atoms with Crippen LogP contribution >= 0.6 is 0 Å². The minimum atomic E-state index is -3.70. The van der Waals surface area contributed by atoms with E-state index in [4.69, 9.17) is 14.2 Å². The molecule has 22 heavy (non-hydrogen) atoms. The van der Waals surface area contributed by atoms with E-state index in [-0.39, 0.29) is 22.4 Å². The second-order valence-corrected chi connectivity index (χ2v) is 6.87. The fraction of sp³-hybridized carbons (Fsp3) is 0.571. The first kappa shape index (κ1) is 16.9. The number of ether oxygens (including phenoxy) is 3. The molecule has 1 aliphatic heterocycles. The summed E-state index contributed by atoms with van der Waals surface area (Å²) in [5.74, 6) is 0.899. The Morgan fingerprint density at radius 3 is 2.14 bits per heavy atom. The van der Waals surface area contributed by atoms with E-state index in [1.165, 1.54) is 25.6 Å². The van der Waals surface area contributed by atoms with Gasteiger partial charge < -0.3 is 19.5 Å². The maximum Gasteiger partial charge on any atom is 0.250 e. The van der Waals surface area contributed by atoms with Gasteiger partial charge in [-0.3, -0.25) is 0 Å². The third-order valence-electron chi connectivity index (χ3n) is 3.83. The molecule has 1 aromatic rings. The Kier molecular flexibility index (Phi) is 5.15. The van der Waals surface area contributed by atoms with E-state index in [9.17, 15) is 8.42 Å². The summed E-state index contributed by atoms with van der Waals surface area (Å²) in [6.45, 7) is 0.892. The molecule has 1 atom stereocenters. The molecule has 1 unspecified atom stereocenters. The fourth-order valence-corrected chi connectivity index (χ4v) is 4.31. The van der Waals surface area contributed by atoms with Crippen LogP contribution in [0.15, 0.2) is 17.0 Å². The highest BCUT2D eigenvalue weighted by Crippen LogP contribution is 2.39. The van der Waals surface area contributed by atoms with Gasteiger partial charge in [-0.2, -0.15) is 4.31 Å². The summed E-state index contributed by atoms with van der Waals surface area (Å²) in [6.07, 6.45) is 0.774. The molecule has 2 rings (SSSR count). The largest absolute Gasteiger partial charge is 0.496 e. The number of methoxy groups -OCH3 is 3. The van der Waals surface area contributed by atoms with E-state index in [2.05, 4.69) is 5.32 Å². The number of rotatable bonds is 6. The quantitative estimate of drug-likeness (QED) is 0.827. The van der Waals surface area contributed by atoms with Crippen LogP contribution in [-0.2, 0) is 10.0 Å². The van der Waals surface area contributed by atoms with Crippen LogP contribution in [0, 0.1) is 0 Å². The molecule has 0 bridgehead atoms. The average molecular weight is 330 g/mol. The van der Waals surface area contributed by atoms with Crippen LogP contribution < -0.4 is 19.5 Å². The average Bonchev–Trinajstić information content (AvgIpc) is 3.03. The van der Waals surface area contributed by atoms with Crippen LogP contribution in [0.1, 0.15) is 6.42 Å².